The average molecular weight is 444 g/mol. The molecule has 0 radical (unpaired) electrons. The highest BCUT2D eigenvalue weighted by Gasteiger charge is 2.28. The highest BCUT2D eigenvalue weighted by atomic mass is 15.3. The summed E-state index contributed by atoms with van der Waals surface area (Å²) >= 11 is 0. The molecule has 2 aliphatic heterocycles. The molecule has 2 saturated heterocycles. The molecular formula is C26H33N7. The number of piperidine rings is 2. The van der Waals surface area contributed by atoms with E-state index in [1.807, 2.05) is 44.6 Å². The van der Waals surface area contributed by atoms with Gasteiger partial charge in [0.05, 0.1) is 5.69 Å². The van der Waals surface area contributed by atoms with Crippen LogP contribution in [0.3, 0.4) is 0 Å². The van der Waals surface area contributed by atoms with Gasteiger partial charge in [-0.15, -0.1) is 0 Å². The number of rotatable bonds is 4. The molecule has 0 bridgehead atoms. The zero-order valence-electron chi connectivity index (χ0n) is 19.9. The van der Waals surface area contributed by atoms with Crippen molar-refractivity contribution in [2.75, 3.05) is 36.0 Å². The first-order valence-corrected chi connectivity index (χ1v) is 12.2. The number of nitrogens with zero attached hydrogens (tertiary/aromatic N) is 7. The van der Waals surface area contributed by atoms with Crippen LogP contribution in [0.1, 0.15) is 55.6 Å². The van der Waals surface area contributed by atoms with E-state index in [4.69, 9.17) is 19.9 Å². The molecule has 0 N–H and O–H groups in total. The Hall–Kier alpha value is -3.09. The Morgan fingerprint density at radius 1 is 0.879 bits per heavy atom. The summed E-state index contributed by atoms with van der Waals surface area (Å²) in [5, 5.41) is 0. The molecule has 7 nitrogen and oxygen atoms in total. The first-order valence-electron chi connectivity index (χ1n) is 12.2. The Morgan fingerprint density at radius 3 is 2.36 bits per heavy atom. The van der Waals surface area contributed by atoms with Crippen molar-refractivity contribution >= 4 is 11.9 Å². The third kappa shape index (κ3) is 4.82. The molecular weight excluding hydrogens is 410 g/mol. The number of pyridine rings is 1. The number of aromatic nitrogens is 5. The molecule has 2 fully saturated rings. The first kappa shape index (κ1) is 21.7. The van der Waals surface area contributed by atoms with Crippen molar-refractivity contribution in [1.82, 2.24) is 24.9 Å². The molecule has 2 atom stereocenters. The van der Waals surface area contributed by atoms with E-state index in [0.29, 0.717) is 11.8 Å². The molecule has 172 valence electrons. The van der Waals surface area contributed by atoms with Crippen LogP contribution in [0.2, 0.25) is 0 Å². The minimum atomic E-state index is 0.294. The lowest BCUT2D eigenvalue weighted by atomic mass is 9.90. The number of hydrogen-bond donors (Lipinski definition) is 0. The smallest absolute Gasteiger partial charge is 0.225 e. The van der Waals surface area contributed by atoms with E-state index in [9.17, 15) is 0 Å². The lowest BCUT2D eigenvalue weighted by Gasteiger charge is -2.35. The zero-order valence-corrected chi connectivity index (χ0v) is 19.9. The lowest BCUT2D eigenvalue weighted by molar-refractivity contribution is 0.440. The van der Waals surface area contributed by atoms with Gasteiger partial charge in [-0.25, -0.2) is 19.9 Å². The SMILES string of the molecule is Cc1cc(C)nc(N2CCC[C@H](c3nc(N4CCC[C@@H](C)C4)ncc3-c3cccnc3)C2)n1. The van der Waals surface area contributed by atoms with E-state index in [2.05, 4.69) is 27.8 Å². The van der Waals surface area contributed by atoms with Crippen LogP contribution < -0.4 is 9.80 Å². The van der Waals surface area contributed by atoms with Crippen molar-refractivity contribution < 1.29 is 0 Å². The Kier molecular flexibility index (Phi) is 6.20. The van der Waals surface area contributed by atoms with E-state index in [-0.39, 0.29) is 0 Å². The number of anilines is 2. The van der Waals surface area contributed by atoms with Crippen LogP contribution in [0, 0.1) is 19.8 Å². The van der Waals surface area contributed by atoms with Gasteiger partial charge in [0.25, 0.3) is 0 Å². The van der Waals surface area contributed by atoms with Gasteiger partial charge < -0.3 is 9.80 Å². The molecule has 5 rings (SSSR count). The van der Waals surface area contributed by atoms with Crippen LogP contribution in [0.4, 0.5) is 11.9 Å². The molecule has 0 unspecified atom stereocenters. The average Bonchev–Trinajstić information content (AvgIpc) is 2.84. The third-order valence-corrected chi connectivity index (χ3v) is 6.78. The van der Waals surface area contributed by atoms with Crippen LogP contribution >= 0.6 is 0 Å². The van der Waals surface area contributed by atoms with Crippen LogP contribution in [0.15, 0.2) is 36.8 Å². The van der Waals surface area contributed by atoms with Crippen LogP contribution in [0.25, 0.3) is 11.1 Å². The highest BCUT2D eigenvalue weighted by molar-refractivity contribution is 5.66. The second-order valence-electron chi connectivity index (χ2n) is 9.64. The Balaban J connectivity index is 1.50. The highest BCUT2D eigenvalue weighted by Crippen LogP contribution is 2.35. The Labute approximate surface area is 196 Å². The van der Waals surface area contributed by atoms with Gasteiger partial charge in [-0.05, 0) is 57.6 Å². The molecule has 5 heterocycles. The topological polar surface area (TPSA) is 70.9 Å². The van der Waals surface area contributed by atoms with E-state index in [0.717, 1.165) is 79.1 Å². The fourth-order valence-corrected chi connectivity index (χ4v) is 5.20. The third-order valence-electron chi connectivity index (χ3n) is 6.78. The second-order valence-corrected chi connectivity index (χ2v) is 9.64. The van der Waals surface area contributed by atoms with Crippen LogP contribution in [0.5, 0.6) is 0 Å². The Morgan fingerprint density at radius 2 is 1.64 bits per heavy atom. The fourth-order valence-electron chi connectivity index (χ4n) is 5.20. The normalized spacial score (nSPS) is 21.3. The molecule has 7 heteroatoms. The Bertz CT molecular complexity index is 1080. The molecule has 0 aliphatic carbocycles. The number of aryl methyl sites for hydroxylation is 2. The maximum atomic E-state index is 5.21. The van der Waals surface area contributed by atoms with E-state index in [1.165, 1.54) is 12.8 Å². The van der Waals surface area contributed by atoms with Crippen molar-refractivity contribution in [2.45, 2.75) is 52.4 Å². The van der Waals surface area contributed by atoms with Crippen molar-refractivity contribution in [2.24, 2.45) is 5.92 Å². The summed E-state index contributed by atoms with van der Waals surface area (Å²) in [5.74, 6) is 2.67. The number of hydrogen-bond acceptors (Lipinski definition) is 7. The summed E-state index contributed by atoms with van der Waals surface area (Å²) in [5.41, 5.74) is 5.31. The maximum absolute atomic E-state index is 5.21. The quantitative estimate of drug-likeness (QED) is 0.585. The molecule has 0 spiro atoms. The molecule has 0 amide bonds. The van der Waals surface area contributed by atoms with Crippen molar-refractivity contribution in [3.05, 3.63) is 53.9 Å². The van der Waals surface area contributed by atoms with Crippen LogP contribution in [-0.4, -0.2) is 51.1 Å². The summed E-state index contributed by atoms with van der Waals surface area (Å²) in [7, 11) is 0. The van der Waals surface area contributed by atoms with Crippen molar-refractivity contribution in [3.8, 4) is 11.1 Å². The molecule has 3 aromatic rings. The molecule has 2 aliphatic rings. The van der Waals surface area contributed by atoms with Gasteiger partial charge >= 0.3 is 0 Å². The van der Waals surface area contributed by atoms with Gasteiger partial charge in [0.15, 0.2) is 0 Å². The van der Waals surface area contributed by atoms with Gasteiger partial charge in [0.2, 0.25) is 11.9 Å². The summed E-state index contributed by atoms with van der Waals surface area (Å²) in [6.45, 7) is 10.3. The zero-order chi connectivity index (χ0) is 22.8. The predicted octanol–water partition coefficient (Wildman–Crippen LogP) is 4.57. The first-order chi connectivity index (χ1) is 16.1. The molecule has 33 heavy (non-hydrogen) atoms. The standard InChI is InChI=1S/C26H33N7/c1-18-7-5-11-32(16-18)25-28-15-23(21-8-4-10-27-14-21)24(31-25)22-9-6-12-33(17-22)26-29-19(2)13-20(3)30-26/h4,8,10,13-15,18,22H,5-7,9,11-12,16-17H2,1-3H3/t18-,22+/m1/s1. The molecule has 0 saturated carbocycles. The second kappa shape index (κ2) is 9.41. The summed E-state index contributed by atoms with van der Waals surface area (Å²) in [6, 6.07) is 6.11. The summed E-state index contributed by atoms with van der Waals surface area (Å²) in [4.78, 5) is 28.5. The fraction of sp³-hybridized carbons (Fsp3) is 0.500. The molecule has 3 aromatic heterocycles. The van der Waals surface area contributed by atoms with Crippen molar-refractivity contribution in [3.63, 3.8) is 0 Å². The minimum Gasteiger partial charge on any atom is -0.341 e. The van der Waals surface area contributed by atoms with Crippen LogP contribution in [-0.2, 0) is 0 Å². The van der Waals surface area contributed by atoms with E-state index >= 15 is 0 Å². The van der Waals surface area contributed by atoms with Gasteiger partial charge in [0.1, 0.15) is 0 Å². The summed E-state index contributed by atoms with van der Waals surface area (Å²) < 4.78 is 0. The van der Waals surface area contributed by atoms with E-state index in [1.54, 1.807) is 0 Å². The lowest BCUT2D eigenvalue weighted by Crippen LogP contribution is -2.37. The predicted molar refractivity (Wildman–Crippen MR) is 132 cm³/mol. The van der Waals surface area contributed by atoms with Gasteiger partial charge in [-0.1, -0.05) is 13.0 Å². The van der Waals surface area contributed by atoms with Gasteiger partial charge in [-0.2, -0.15) is 0 Å². The largest absolute Gasteiger partial charge is 0.341 e. The minimum absolute atomic E-state index is 0.294. The van der Waals surface area contributed by atoms with E-state index < -0.39 is 0 Å². The van der Waals surface area contributed by atoms with Gasteiger partial charge in [-0.3, -0.25) is 4.98 Å². The van der Waals surface area contributed by atoms with Gasteiger partial charge in [0, 0.05) is 73.2 Å². The maximum Gasteiger partial charge on any atom is 0.225 e. The summed E-state index contributed by atoms with van der Waals surface area (Å²) in [6.07, 6.45) is 10.4. The van der Waals surface area contributed by atoms with Crippen molar-refractivity contribution in [1.29, 1.82) is 0 Å². The molecule has 0 aromatic carbocycles. The monoisotopic (exact) mass is 443 g/mol.